The molecule has 0 saturated carbocycles. The van der Waals surface area contributed by atoms with Crippen LogP contribution in [-0.4, -0.2) is 5.11 Å². The van der Waals surface area contributed by atoms with E-state index in [2.05, 4.69) is 43.4 Å². The van der Waals surface area contributed by atoms with Crippen molar-refractivity contribution >= 4 is 5.69 Å². The predicted molar refractivity (Wildman–Crippen MR) is 90.4 cm³/mol. The van der Waals surface area contributed by atoms with Gasteiger partial charge in [-0.2, -0.15) is 0 Å². The summed E-state index contributed by atoms with van der Waals surface area (Å²) in [4.78, 5) is 0. The van der Waals surface area contributed by atoms with Crippen molar-refractivity contribution in [3.05, 3.63) is 70.8 Å². The number of para-hydroxylation sites is 1. The highest BCUT2D eigenvalue weighted by molar-refractivity contribution is 5.66. The van der Waals surface area contributed by atoms with Gasteiger partial charge in [0.1, 0.15) is 5.75 Å². The third-order valence-corrected chi connectivity index (χ3v) is 5.22. The van der Waals surface area contributed by atoms with Crippen LogP contribution in [0.25, 0.3) is 0 Å². The first kappa shape index (κ1) is 13.4. The maximum atomic E-state index is 10.3. The highest BCUT2D eigenvalue weighted by Gasteiger charge is 2.39. The van der Waals surface area contributed by atoms with Crippen molar-refractivity contribution in [3.8, 4) is 5.75 Å². The molecule has 112 valence electrons. The smallest absolute Gasteiger partial charge is 0.120 e. The molecule has 0 amide bonds. The third kappa shape index (κ3) is 1.87. The van der Waals surface area contributed by atoms with Gasteiger partial charge in [0.05, 0.1) is 6.04 Å². The zero-order valence-corrected chi connectivity index (χ0v) is 13.0. The summed E-state index contributed by atoms with van der Waals surface area (Å²) < 4.78 is 0. The van der Waals surface area contributed by atoms with Crippen LogP contribution >= 0.6 is 0 Å². The van der Waals surface area contributed by atoms with Crippen LogP contribution < -0.4 is 5.32 Å². The van der Waals surface area contributed by atoms with Gasteiger partial charge in [-0.25, -0.2) is 0 Å². The first-order valence-corrected chi connectivity index (χ1v) is 7.98. The fourth-order valence-electron chi connectivity index (χ4n) is 4.10. The van der Waals surface area contributed by atoms with Gasteiger partial charge in [-0.15, -0.1) is 0 Å². The second-order valence-corrected chi connectivity index (χ2v) is 6.52. The normalized spacial score (nSPS) is 25.5. The monoisotopic (exact) mass is 291 g/mol. The fraction of sp³-hybridized carbons (Fsp3) is 0.300. The lowest BCUT2D eigenvalue weighted by Crippen LogP contribution is -2.30. The number of hydrogen-bond donors (Lipinski definition) is 2. The number of rotatable bonds is 1. The Labute approximate surface area is 131 Å². The molecule has 0 saturated heterocycles. The minimum Gasteiger partial charge on any atom is -0.508 e. The van der Waals surface area contributed by atoms with Gasteiger partial charge in [0.25, 0.3) is 0 Å². The van der Waals surface area contributed by atoms with Crippen molar-refractivity contribution in [2.75, 3.05) is 5.32 Å². The summed E-state index contributed by atoms with van der Waals surface area (Å²) in [5, 5.41) is 14.0. The van der Waals surface area contributed by atoms with Crippen molar-refractivity contribution in [1.82, 2.24) is 0 Å². The first-order valence-electron chi connectivity index (χ1n) is 7.98. The van der Waals surface area contributed by atoms with Gasteiger partial charge >= 0.3 is 0 Å². The molecule has 1 aliphatic heterocycles. The number of nitrogens with one attached hydrogen (secondary N) is 1. The van der Waals surface area contributed by atoms with E-state index in [1.807, 2.05) is 18.2 Å². The Bertz CT molecular complexity index is 762. The second-order valence-electron chi connectivity index (χ2n) is 6.52. The summed E-state index contributed by atoms with van der Waals surface area (Å²) in [7, 11) is 0. The zero-order valence-electron chi connectivity index (χ0n) is 13.0. The number of phenols is 1. The molecule has 0 fully saturated rings. The highest BCUT2D eigenvalue weighted by Crippen LogP contribution is 2.52. The van der Waals surface area contributed by atoms with E-state index in [-0.39, 0.29) is 6.04 Å². The Balaban J connectivity index is 1.88. The van der Waals surface area contributed by atoms with Crippen molar-refractivity contribution < 1.29 is 5.11 Å². The lowest BCUT2D eigenvalue weighted by atomic mass is 9.75. The number of phenolic OH excluding ortho intramolecular Hbond substituents is 1. The first-order chi connectivity index (χ1) is 10.7. The van der Waals surface area contributed by atoms with Crippen LogP contribution in [-0.2, 0) is 0 Å². The molecule has 22 heavy (non-hydrogen) atoms. The Morgan fingerprint density at radius 3 is 2.64 bits per heavy atom. The summed E-state index contributed by atoms with van der Waals surface area (Å²) in [6.45, 7) is 4.36. The topological polar surface area (TPSA) is 32.3 Å². The fourth-order valence-corrected chi connectivity index (χ4v) is 4.10. The standard InChI is InChI=1S/C20H21NO/c1-12-10-11-13(2)19-18(12)14-7-5-8-15(14)20(21-19)16-6-3-4-9-17(16)22/h3-7,9-11,14-15,20-22H,8H2,1-2H3. The Kier molecular flexibility index (Phi) is 3.00. The number of allylic oxidation sites excluding steroid dienone is 2. The maximum absolute atomic E-state index is 10.3. The molecule has 0 aromatic heterocycles. The zero-order chi connectivity index (χ0) is 15.3. The molecule has 1 heterocycles. The largest absolute Gasteiger partial charge is 0.508 e. The Morgan fingerprint density at radius 2 is 1.82 bits per heavy atom. The molecule has 0 bridgehead atoms. The van der Waals surface area contributed by atoms with E-state index in [1.54, 1.807) is 6.07 Å². The van der Waals surface area contributed by atoms with Gasteiger partial charge in [0, 0.05) is 17.2 Å². The summed E-state index contributed by atoms with van der Waals surface area (Å²) in [6.07, 6.45) is 5.70. The predicted octanol–water partition coefficient (Wildman–Crippen LogP) is 4.84. The average Bonchev–Trinajstić information content (AvgIpc) is 3.00. The number of hydrogen-bond acceptors (Lipinski definition) is 2. The average molecular weight is 291 g/mol. The molecule has 0 radical (unpaired) electrons. The van der Waals surface area contributed by atoms with E-state index >= 15 is 0 Å². The molecule has 3 atom stereocenters. The van der Waals surface area contributed by atoms with E-state index < -0.39 is 0 Å². The van der Waals surface area contributed by atoms with Gasteiger partial charge in [-0.3, -0.25) is 0 Å². The summed E-state index contributed by atoms with van der Waals surface area (Å²) in [5.41, 5.74) is 6.32. The molecule has 1 aliphatic carbocycles. The number of anilines is 1. The van der Waals surface area contributed by atoms with Crippen molar-refractivity contribution in [2.45, 2.75) is 32.2 Å². The van der Waals surface area contributed by atoms with E-state index in [9.17, 15) is 5.11 Å². The van der Waals surface area contributed by atoms with Crippen molar-refractivity contribution in [3.63, 3.8) is 0 Å². The van der Waals surface area contributed by atoms with Gasteiger partial charge in [0.2, 0.25) is 0 Å². The lowest BCUT2D eigenvalue weighted by molar-refractivity contribution is 0.401. The van der Waals surface area contributed by atoms with Crippen molar-refractivity contribution in [2.24, 2.45) is 5.92 Å². The molecule has 0 spiro atoms. The number of aromatic hydroxyl groups is 1. The van der Waals surface area contributed by atoms with Gasteiger partial charge < -0.3 is 10.4 Å². The highest BCUT2D eigenvalue weighted by atomic mass is 16.3. The number of benzene rings is 2. The minimum absolute atomic E-state index is 0.161. The van der Waals surface area contributed by atoms with Crippen LogP contribution in [0.5, 0.6) is 5.75 Å². The van der Waals surface area contributed by atoms with Crippen LogP contribution in [0.1, 0.15) is 40.6 Å². The van der Waals surface area contributed by atoms with Crippen LogP contribution in [0.2, 0.25) is 0 Å². The van der Waals surface area contributed by atoms with E-state index in [1.165, 1.54) is 22.4 Å². The van der Waals surface area contributed by atoms with Crippen LogP contribution in [0.4, 0.5) is 5.69 Å². The Hall–Kier alpha value is -2.22. The second kappa shape index (κ2) is 4.91. The third-order valence-electron chi connectivity index (χ3n) is 5.22. The molecule has 4 rings (SSSR count). The molecule has 2 aliphatic rings. The summed E-state index contributed by atoms with van der Waals surface area (Å²) in [5.74, 6) is 1.31. The van der Waals surface area contributed by atoms with Gasteiger partial charge in [-0.1, -0.05) is 42.5 Å². The lowest BCUT2D eigenvalue weighted by Gasteiger charge is -2.39. The number of fused-ring (bicyclic) bond motifs is 3. The quantitative estimate of drug-likeness (QED) is 0.737. The summed E-state index contributed by atoms with van der Waals surface area (Å²) in [6, 6.07) is 12.3. The molecule has 2 aromatic rings. The molecular weight excluding hydrogens is 270 g/mol. The van der Waals surface area contributed by atoms with E-state index in [4.69, 9.17) is 0 Å². The molecule has 2 aromatic carbocycles. The van der Waals surface area contributed by atoms with E-state index in [0.717, 1.165) is 12.0 Å². The number of aryl methyl sites for hydroxylation is 2. The summed E-state index contributed by atoms with van der Waals surface area (Å²) >= 11 is 0. The maximum Gasteiger partial charge on any atom is 0.120 e. The Morgan fingerprint density at radius 1 is 1.05 bits per heavy atom. The molecular formula is C20H21NO. The van der Waals surface area contributed by atoms with E-state index in [0.29, 0.717) is 17.6 Å². The molecule has 2 nitrogen and oxygen atoms in total. The molecule has 2 heteroatoms. The molecule has 2 N–H and O–H groups in total. The van der Waals surface area contributed by atoms with Gasteiger partial charge in [0.15, 0.2) is 0 Å². The van der Waals surface area contributed by atoms with Gasteiger partial charge in [-0.05, 0) is 48.9 Å². The van der Waals surface area contributed by atoms with Crippen LogP contribution in [0, 0.1) is 19.8 Å². The van der Waals surface area contributed by atoms with Crippen LogP contribution in [0.3, 0.4) is 0 Å². The van der Waals surface area contributed by atoms with Crippen LogP contribution in [0.15, 0.2) is 48.6 Å². The van der Waals surface area contributed by atoms with Crippen molar-refractivity contribution in [1.29, 1.82) is 0 Å². The minimum atomic E-state index is 0.161. The SMILES string of the molecule is Cc1ccc(C)c2c1NC(c1ccccc1O)C1CC=CC21. The molecule has 3 unspecified atom stereocenters.